The zero-order valence-corrected chi connectivity index (χ0v) is 12.1. The highest BCUT2D eigenvalue weighted by atomic mass is 32.2. The van der Waals surface area contributed by atoms with Crippen LogP contribution in [-0.2, 0) is 14.6 Å². The third kappa shape index (κ3) is 1.98. The first-order chi connectivity index (χ1) is 9.50. The predicted molar refractivity (Wildman–Crippen MR) is 77.2 cm³/mol. The third-order valence-electron chi connectivity index (χ3n) is 3.45. The zero-order valence-electron chi connectivity index (χ0n) is 11.3. The fourth-order valence-corrected chi connectivity index (χ4v) is 4.25. The van der Waals surface area contributed by atoms with E-state index in [1.54, 1.807) is 43.5 Å². The average Bonchev–Trinajstić information content (AvgIpc) is 2.75. The van der Waals surface area contributed by atoms with E-state index in [0.29, 0.717) is 5.76 Å². The highest BCUT2D eigenvalue weighted by Crippen LogP contribution is 2.37. The quantitative estimate of drug-likeness (QED) is 0.840. The predicted octanol–water partition coefficient (Wildman–Crippen LogP) is 2.49. The van der Waals surface area contributed by atoms with Gasteiger partial charge in [-0.15, -0.1) is 0 Å². The number of allylic oxidation sites excluding steroid dienone is 2. The molecule has 104 valence electrons. The summed E-state index contributed by atoms with van der Waals surface area (Å²) in [5.74, 6) is 0.437. The molecule has 0 radical (unpaired) electrons. The van der Waals surface area contributed by atoms with Gasteiger partial charge >= 0.3 is 0 Å². The van der Waals surface area contributed by atoms with E-state index in [1.165, 1.54) is 0 Å². The minimum absolute atomic E-state index is 0.272. The summed E-state index contributed by atoms with van der Waals surface area (Å²) in [4.78, 5) is 4.89. The molecule has 0 unspecified atom stereocenters. The second-order valence-corrected chi connectivity index (χ2v) is 6.87. The maximum Gasteiger partial charge on any atom is 0.208 e. The first-order valence-electron chi connectivity index (χ1n) is 6.39. The highest BCUT2D eigenvalue weighted by Gasteiger charge is 2.42. The monoisotopic (exact) mass is 289 g/mol. The number of hydrogen-bond donors (Lipinski definition) is 0. The van der Waals surface area contributed by atoms with E-state index in [0.717, 1.165) is 5.57 Å². The number of fused-ring (bicyclic) bond motifs is 1. The van der Waals surface area contributed by atoms with Crippen LogP contribution in [0.2, 0.25) is 0 Å². The van der Waals surface area contributed by atoms with Gasteiger partial charge in [-0.1, -0.05) is 18.2 Å². The topological polar surface area (TPSA) is 55.7 Å². The molecule has 0 aromatic heterocycles. The smallest absolute Gasteiger partial charge is 0.208 e. The molecule has 0 saturated carbocycles. The summed E-state index contributed by atoms with van der Waals surface area (Å²) in [6.45, 7) is 3.61. The van der Waals surface area contributed by atoms with Crippen molar-refractivity contribution >= 4 is 16.1 Å². The number of sulfone groups is 1. The fourth-order valence-electron chi connectivity index (χ4n) is 2.54. The van der Waals surface area contributed by atoms with Crippen LogP contribution in [0.5, 0.6) is 0 Å². The summed E-state index contributed by atoms with van der Waals surface area (Å²) < 4.78 is 31.2. The van der Waals surface area contributed by atoms with E-state index in [9.17, 15) is 8.42 Å². The molecule has 1 aromatic rings. The molecule has 0 aliphatic carbocycles. The molecule has 0 spiro atoms. The Balaban J connectivity index is 2.07. The SMILES string of the molecule is CC1=C[C@@H]2OC(C)=C(S(=O)(=O)c3ccccc3)[C@@H]2N=C1. The van der Waals surface area contributed by atoms with Gasteiger partial charge in [-0.2, -0.15) is 0 Å². The maximum atomic E-state index is 12.7. The third-order valence-corrected chi connectivity index (χ3v) is 5.45. The number of aliphatic imine (C=N–C) groups is 1. The van der Waals surface area contributed by atoms with Crippen LogP contribution in [0.15, 0.2) is 62.5 Å². The van der Waals surface area contributed by atoms with Crippen LogP contribution in [0, 0.1) is 0 Å². The van der Waals surface area contributed by atoms with Gasteiger partial charge in [0.2, 0.25) is 9.84 Å². The van der Waals surface area contributed by atoms with Gasteiger partial charge in [0.05, 0.1) is 4.90 Å². The van der Waals surface area contributed by atoms with Crippen molar-refractivity contribution in [3.8, 4) is 0 Å². The summed E-state index contributed by atoms with van der Waals surface area (Å²) in [5, 5.41) is 0. The zero-order chi connectivity index (χ0) is 14.3. The molecule has 0 N–H and O–H groups in total. The molecule has 1 aromatic carbocycles. The molecule has 2 atom stereocenters. The molecule has 0 saturated heterocycles. The number of benzene rings is 1. The summed E-state index contributed by atoms with van der Waals surface area (Å²) in [6.07, 6.45) is 3.30. The lowest BCUT2D eigenvalue weighted by Gasteiger charge is -2.18. The fraction of sp³-hybridized carbons (Fsp3) is 0.267. The Morgan fingerprint density at radius 3 is 2.55 bits per heavy atom. The van der Waals surface area contributed by atoms with Crippen LogP contribution in [0.1, 0.15) is 13.8 Å². The van der Waals surface area contributed by atoms with E-state index >= 15 is 0 Å². The molecule has 0 bridgehead atoms. The Morgan fingerprint density at radius 1 is 1.15 bits per heavy atom. The minimum atomic E-state index is -3.56. The van der Waals surface area contributed by atoms with Crippen molar-refractivity contribution in [1.82, 2.24) is 0 Å². The molecule has 0 amide bonds. The molecular formula is C15H15NO3S. The van der Waals surface area contributed by atoms with Gasteiger partial charge in [0, 0.05) is 6.21 Å². The van der Waals surface area contributed by atoms with Gasteiger partial charge in [0.15, 0.2) is 0 Å². The Kier molecular flexibility index (Phi) is 3.01. The lowest BCUT2D eigenvalue weighted by atomic mass is 10.1. The van der Waals surface area contributed by atoms with Gasteiger partial charge in [0.25, 0.3) is 0 Å². The van der Waals surface area contributed by atoms with Crippen molar-refractivity contribution in [1.29, 1.82) is 0 Å². The van der Waals surface area contributed by atoms with Gasteiger partial charge < -0.3 is 4.74 Å². The van der Waals surface area contributed by atoms with E-state index in [-0.39, 0.29) is 15.9 Å². The van der Waals surface area contributed by atoms with Gasteiger partial charge in [-0.25, -0.2) is 8.42 Å². The summed E-state index contributed by atoms with van der Waals surface area (Å²) in [7, 11) is -3.56. The Morgan fingerprint density at radius 2 is 1.85 bits per heavy atom. The first kappa shape index (κ1) is 13.1. The molecular weight excluding hydrogens is 274 g/mol. The molecule has 5 heteroatoms. The summed E-state index contributed by atoms with van der Waals surface area (Å²) in [5.41, 5.74) is 0.984. The lowest BCUT2D eigenvalue weighted by molar-refractivity contribution is 0.173. The summed E-state index contributed by atoms with van der Waals surface area (Å²) in [6, 6.07) is 7.93. The van der Waals surface area contributed by atoms with Crippen LogP contribution in [0.25, 0.3) is 0 Å². The molecule has 4 nitrogen and oxygen atoms in total. The standard InChI is InChI=1S/C15H15NO3S/c1-10-8-13-14(16-9-10)15(11(2)19-13)20(17,18)12-6-4-3-5-7-12/h3-9,13-14H,1-2H3/t13-,14+/m0/s1. The van der Waals surface area contributed by atoms with Crippen molar-refractivity contribution in [2.75, 3.05) is 0 Å². The second kappa shape index (κ2) is 4.59. The van der Waals surface area contributed by atoms with E-state index in [4.69, 9.17) is 4.74 Å². The number of nitrogens with zero attached hydrogens (tertiary/aromatic N) is 1. The molecule has 2 aliphatic heterocycles. The number of hydrogen-bond acceptors (Lipinski definition) is 4. The largest absolute Gasteiger partial charge is 0.487 e. The van der Waals surface area contributed by atoms with E-state index < -0.39 is 15.9 Å². The molecule has 0 fully saturated rings. The van der Waals surface area contributed by atoms with Gasteiger partial charge in [-0.05, 0) is 37.6 Å². The number of rotatable bonds is 2. The molecule has 20 heavy (non-hydrogen) atoms. The van der Waals surface area contributed by atoms with Crippen molar-refractivity contribution in [3.63, 3.8) is 0 Å². The number of dihydropyridines is 1. The van der Waals surface area contributed by atoms with Crippen LogP contribution < -0.4 is 0 Å². The maximum absolute atomic E-state index is 12.7. The second-order valence-electron chi connectivity index (χ2n) is 4.95. The molecule has 2 aliphatic rings. The van der Waals surface area contributed by atoms with Crippen LogP contribution in [0.3, 0.4) is 0 Å². The Bertz CT molecular complexity index is 730. The lowest BCUT2D eigenvalue weighted by Crippen LogP contribution is -2.27. The first-order valence-corrected chi connectivity index (χ1v) is 7.87. The summed E-state index contributed by atoms with van der Waals surface area (Å²) >= 11 is 0. The average molecular weight is 289 g/mol. The molecule has 2 heterocycles. The Hall–Kier alpha value is -1.88. The number of ether oxygens (including phenoxy) is 1. The van der Waals surface area contributed by atoms with Gasteiger partial charge in [-0.3, -0.25) is 4.99 Å². The van der Waals surface area contributed by atoms with Crippen molar-refractivity contribution in [2.45, 2.75) is 30.9 Å². The van der Waals surface area contributed by atoms with E-state index in [2.05, 4.69) is 4.99 Å². The minimum Gasteiger partial charge on any atom is -0.487 e. The highest BCUT2D eigenvalue weighted by molar-refractivity contribution is 7.95. The van der Waals surface area contributed by atoms with Gasteiger partial charge in [0.1, 0.15) is 22.8 Å². The van der Waals surface area contributed by atoms with Crippen LogP contribution in [-0.4, -0.2) is 26.8 Å². The van der Waals surface area contributed by atoms with Crippen molar-refractivity contribution in [3.05, 3.63) is 52.6 Å². The Labute approximate surface area is 118 Å². The van der Waals surface area contributed by atoms with Crippen LogP contribution >= 0.6 is 0 Å². The van der Waals surface area contributed by atoms with Crippen molar-refractivity contribution in [2.24, 2.45) is 4.99 Å². The van der Waals surface area contributed by atoms with Crippen LogP contribution in [0.4, 0.5) is 0 Å². The van der Waals surface area contributed by atoms with Crippen molar-refractivity contribution < 1.29 is 13.2 Å². The van der Waals surface area contributed by atoms with E-state index in [1.807, 2.05) is 13.0 Å². The normalized spacial score (nSPS) is 25.2. The molecule has 3 rings (SSSR count).